The second-order valence-electron chi connectivity index (χ2n) is 6.52. The number of benzene rings is 2. The minimum absolute atomic E-state index is 0.107. The fourth-order valence-electron chi connectivity index (χ4n) is 2.85. The molecule has 30 heavy (non-hydrogen) atoms. The summed E-state index contributed by atoms with van der Waals surface area (Å²) in [6, 6.07) is 7.75. The summed E-state index contributed by atoms with van der Waals surface area (Å²) in [5.74, 6) is -3.65. The highest BCUT2D eigenvalue weighted by atomic mass is 32.1. The molecule has 1 aromatic heterocycles. The third-order valence-corrected chi connectivity index (χ3v) is 5.53. The smallest absolute Gasteiger partial charge is 0.264 e. The molecule has 3 aromatic rings. The molecular weight excluding hydrogens is 415 g/mol. The number of carbonyl (C=O) groups excluding carboxylic acids is 2. The summed E-state index contributed by atoms with van der Waals surface area (Å²) in [4.78, 5) is 29.7. The van der Waals surface area contributed by atoms with Crippen LogP contribution in [0.25, 0.3) is 0 Å². The number of aromatic nitrogens is 1. The first-order valence-electron chi connectivity index (χ1n) is 8.96. The number of nitrogens with one attached hydrogen (secondary N) is 2. The average molecular weight is 433 g/mol. The van der Waals surface area contributed by atoms with E-state index in [4.69, 9.17) is 0 Å². The van der Waals surface area contributed by atoms with Crippen molar-refractivity contribution in [2.24, 2.45) is 0 Å². The van der Waals surface area contributed by atoms with E-state index in [0.29, 0.717) is 22.0 Å². The van der Waals surface area contributed by atoms with Crippen LogP contribution in [0.4, 0.5) is 13.2 Å². The molecule has 0 spiro atoms. The third kappa shape index (κ3) is 4.85. The van der Waals surface area contributed by atoms with Crippen LogP contribution in [-0.2, 0) is 11.2 Å². The van der Waals surface area contributed by atoms with E-state index in [9.17, 15) is 22.8 Å². The van der Waals surface area contributed by atoms with Gasteiger partial charge in [0.15, 0.2) is 11.6 Å². The molecule has 0 bridgehead atoms. The Morgan fingerprint density at radius 2 is 1.77 bits per heavy atom. The lowest BCUT2D eigenvalue weighted by atomic mass is 10.1. The van der Waals surface area contributed by atoms with E-state index < -0.39 is 29.5 Å². The van der Waals surface area contributed by atoms with Crippen molar-refractivity contribution >= 4 is 23.2 Å². The molecule has 0 aliphatic heterocycles. The van der Waals surface area contributed by atoms with Gasteiger partial charge in [0.25, 0.3) is 5.91 Å². The van der Waals surface area contributed by atoms with E-state index in [2.05, 4.69) is 15.6 Å². The zero-order chi connectivity index (χ0) is 21.8. The minimum atomic E-state index is -1.21. The molecule has 1 unspecified atom stereocenters. The molecule has 0 fully saturated rings. The van der Waals surface area contributed by atoms with E-state index >= 15 is 0 Å². The number of rotatable bonds is 6. The van der Waals surface area contributed by atoms with E-state index in [-0.39, 0.29) is 11.4 Å². The Kier molecular flexibility index (Phi) is 6.51. The van der Waals surface area contributed by atoms with Crippen LogP contribution in [-0.4, -0.2) is 23.8 Å². The summed E-state index contributed by atoms with van der Waals surface area (Å²) in [6.45, 7) is 1.66. The third-order valence-electron chi connectivity index (χ3n) is 4.38. The fourth-order valence-corrected chi connectivity index (χ4v) is 3.85. The molecule has 1 atom stereocenters. The van der Waals surface area contributed by atoms with Crippen molar-refractivity contribution in [2.45, 2.75) is 19.4 Å². The van der Waals surface area contributed by atoms with Gasteiger partial charge in [-0.1, -0.05) is 18.2 Å². The van der Waals surface area contributed by atoms with Crippen molar-refractivity contribution in [3.05, 3.63) is 86.6 Å². The quantitative estimate of drug-likeness (QED) is 0.623. The summed E-state index contributed by atoms with van der Waals surface area (Å²) >= 11 is 1.15. The number of carbonyl (C=O) groups is 2. The number of amides is 2. The molecule has 1 heterocycles. The zero-order valence-corrected chi connectivity index (χ0v) is 16.9. The molecule has 3 rings (SSSR count). The number of thiazole rings is 1. The van der Waals surface area contributed by atoms with E-state index in [1.807, 2.05) is 0 Å². The highest BCUT2D eigenvalue weighted by molar-refractivity contribution is 7.13. The van der Waals surface area contributed by atoms with Crippen LogP contribution in [0.1, 0.15) is 37.5 Å². The van der Waals surface area contributed by atoms with E-state index in [1.165, 1.54) is 25.2 Å². The van der Waals surface area contributed by atoms with Crippen LogP contribution < -0.4 is 10.6 Å². The molecule has 0 saturated heterocycles. The van der Waals surface area contributed by atoms with Crippen molar-refractivity contribution in [1.29, 1.82) is 0 Å². The van der Waals surface area contributed by atoms with Crippen molar-refractivity contribution in [1.82, 2.24) is 15.6 Å². The Hall–Kier alpha value is -3.20. The lowest BCUT2D eigenvalue weighted by Crippen LogP contribution is -2.39. The Labute approximate surface area is 175 Å². The van der Waals surface area contributed by atoms with Gasteiger partial charge in [0.1, 0.15) is 16.7 Å². The van der Waals surface area contributed by atoms with Gasteiger partial charge in [-0.25, -0.2) is 18.2 Å². The maximum Gasteiger partial charge on any atom is 0.264 e. The number of likely N-dealkylation sites (N-methyl/N-ethyl adjacent to an activating group) is 1. The number of aryl methyl sites for hydroxylation is 1. The number of halogens is 3. The van der Waals surface area contributed by atoms with Crippen LogP contribution in [0.5, 0.6) is 0 Å². The van der Waals surface area contributed by atoms with Gasteiger partial charge in [-0.2, -0.15) is 0 Å². The highest BCUT2D eigenvalue weighted by Gasteiger charge is 2.25. The van der Waals surface area contributed by atoms with Crippen LogP contribution in [0.2, 0.25) is 0 Å². The Morgan fingerprint density at radius 1 is 1.07 bits per heavy atom. The summed E-state index contributed by atoms with van der Waals surface area (Å²) in [5, 5.41) is 5.60. The predicted molar refractivity (Wildman–Crippen MR) is 107 cm³/mol. The normalized spacial score (nSPS) is 11.8. The van der Waals surface area contributed by atoms with Gasteiger partial charge in [-0.3, -0.25) is 9.59 Å². The van der Waals surface area contributed by atoms with Crippen LogP contribution in [0.15, 0.2) is 42.5 Å². The Bertz CT molecular complexity index is 1080. The van der Waals surface area contributed by atoms with Gasteiger partial charge in [0.2, 0.25) is 5.91 Å². The zero-order valence-electron chi connectivity index (χ0n) is 16.1. The maximum absolute atomic E-state index is 13.6. The predicted octanol–water partition coefficient (Wildman–Crippen LogP) is 3.68. The van der Waals surface area contributed by atoms with E-state index in [1.54, 1.807) is 19.1 Å². The van der Waals surface area contributed by atoms with Gasteiger partial charge in [0, 0.05) is 13.5 Å². The van der Waals surface area contributed by atoms with Gasteiger partial charge < -0.3 is 10.6 Å². The molecule has 0 radical (unpaired) electrons. The van der Waals surface area contributed by atoms with Gasteiger partial charge in [-0.15, -0.1) is 11.3 Å². The van der Waals surface area contributed by atoms with Crippen LogP contribution >= 0.6 is 11.3 Å². The molecule has 156 valence electrons. The van der Waals surface area contributed by atoms with Crippen LogP contribution in [0.3, 0.4) is 0 Å². The molecule has 5 nitrogen and oxygen atoms in total. The second-order valence-corrected chi connectivity index (χ2v) is 7.60. The first-order chi connectivity index (χ1) is 14.3. The highest BCUT2D eigenvalue weighted by Crippen LogP contribution is 2.23. The first kappa shape index (κ1) is 21.5. The molecule has 2 amide bonds. The maximum atomic E-state index is 13.6. The van der Waals surface area contributed by atoms with Gasteiger partial charge in [-0.05, 0) is 42.3 Å². The largest absolute Gasteiger partial charge is 0.357 e. The number of hydrogen-bond donors (Lipinski definition) is 2. The summed E-state index contributed by atoms with van der Waals surface area (Å²) in [6.07, 6.45) is 0.418. The average Bonchev–Trinajstić information content (AvgIpc) is 3.09. The molecule has 0 aliphatic rings. The first-order valence-corrected chi connectivity index (χ1v) is 9.78. The van der Waals surface area contributed by atoms with Crippen molar-refractivity contribution in [3.63, 3.8) is 0 Å². The van der Waals surface area contributed by atoms with Crippen LogP contribution in [0, 0.1) is 24.4 Å². The monoisotopic (exact) mass is 433 g/mol. The standard InChI is InChI=1S/C21H18F3N3O2S/c1-11-19(30-17(26-11)9-12-3-6-14(22)7-4-12)21(29)27-18(20(28)25-2)13-5-8-15(23)16(24)10-13/h3-8,10,18H,9H2,1-2H3,(H,25,28)(H,27,29). The second kappa shape index (κ2) is 9.08. The fraction of sp³-hybridized carbons (Fsp3) is 0.190. The van der Waals surface area contributed by atoms with Crippen molar-refractivity contribution in [2.75, 3.05) is 7.05 Å². The van der Waals surface area contributed by atoms with Crippen molar-refractivity contribution < 1.29 is 22.8 Å². The molecular formula is C21H18F3N3O2S. The molecule has 2 aromatic carbocycles. The summed E-state index contributed by atoms with van der Waals surface area (Å²) in [7, 11) is 1.38. The number of hydrogen-bond acceptors (Lipinski definition) is 4. The minimum Gasteiger partial charge on any atom is -0.357 e. The Morgan fingerprint density at radius 3 is 2.40 bits per heavy atom. The summed E-state index contributed by atoms with van der Waals surface area (Å²) < 4.78 is 39.9. The summed E-state index contributed by atoms with van der Waals surface area (Å²) in [5.41, 5.74) is 1.41. The number of nitrogens with zero attached hydrogens (tertiary/aromatic N) is 1. The molecule has 2 N–H and O–H groups in total. The van der Waals surface area contributed by atoms with E-state index in [0.717, 1.165) is 29.0 Å². The lowest BCUT2D eigenvalue weighted by Gasteiger charge is -2.17. The molecule has 9 heteroatoms. The van der Waals surface area contributed by atoms with Gasteiger partial charge in [0.05, 0.1) is 10.7 Å². The molecule has 0 saturated carbocycles. The Balaban J connectivity index is 1.81. The topological polar surface area (TPSA) is 71.1 Å². The lowest BCUT2D eigenvalue weighted by molar-refractivity contribution is -0.122. The molecule has 0 aliphatic carbocycles. The SMILES string of the molecule is CNC(=O)C(NC(=O)c1sc(Cc2ccc(F)cc2)nc1C)c1ccc(F)c(F)c1. The van der Waals surface area contributed by atoms with Gasteiger partial charge >= 0.3 is 0 Å². The van der Waals surface area contributed by atoms with Crippen molar-refractivity contribution in [3.8, 4) is 0 Å².